The van der Waals surface area contributed by atoms with Crippen LogP contribution in [0.2, 0.25) is 0 Å². The second-order valence-electron chi connectivity index (χ2n) is 12.0. The van der Waals surface area contributed by atoms with Crippen molar-refractivity contribution in [2.45, 2.75) is 45.7 Å². The standard InChI is InChI=1S/C32H34N4O3/c1-32(2,3)25(16-29(37)27-13-21-11-7-8-12-26(21)34-27)30(38)35-18-24-15-23(35)19-36(24)31(39)28-14-22(17-33-28)20-9-5-4-6-10-20/h4-14,17,23-25,33-34H,15-16,18-19H2,1-3H3/t23-,24-,25+/m0/s1. The number of nitrogens with one attached hydrogen (secondary N) is 2. The number of likely N-dealkylation sites (tertiary alicyclic amines) is 2. The number of carbonyl (C=O) groups is 3. The molecule has 4 aromatic rings. The molecule has 6 rings (SSSR count). The van der Waals surface area contributed by atoms with Crippen molar-refractivity contribution >= 4 is 28.5 Å². The molecule has 2 aliphatic rings. The predicted molar refractivity (Wildman–Crippen MR) is 151 cm³/mol. The van der Waals surface area contributed by atoms with Gasteiger partial charge in [0.05, 0.1) is 23.7 Å². The first kappa shape index (κ1) is 25.2. The molecule has 2 bridgehead atoms. The Balaban J connectivity index is 1.14. The van der Waals surface area contributed by atoms with Crippen LogP contribution in [0.25, 0.3) is 22.0 Å². The van der Waals surface area contributed by atoms with Crippen molar-refractivity contribution in [2.75, 3.05) is 13.1 Å². The minimum absolute atomic E-state index is 0.0118. The molecule has 3 atom stereocenters. The Kier molecular flexibility index (Phi) is 6.17. The van der Waals surface area contributed by atoms with E-state index in [1.165, 1.54) is 0 Å². The lowest BCUT2D eigenvalue weighted by Gasteiger charge is -2.39. The summed E-state index contributed by atoms with van der Waals surface area (Å²) in [7, 11) is 0. The van der Waals surface area contributed by atoms with Crippen molar-refractivity contribution < 1.29 is 14.4 Å². The van der Waals surface area contributed by atoms with Crippen LogP contribution in [0.15, 0.2) is 72.9 Å². The van der Waals surface area contributed by atoms with Gasteiger partial charge in [-0.1, -0.05) is 69.3 Å². The van der Waals surface area contributed by atoms with Gasteiger partial charge in [-0.05, 0) is 41.2 Å². The molecule has 0 spiro atoms. The van der Waals surface area contributed by atoms with E-state index in [4.69, 9.17) is 0 Å². The third kappa shape index (κ3) is 4.67. The summed E-state index contributed by atoms with van der Waals surface area (Å²) in [6.07, 6.45) is 2.79. The molecule has 0 unspecified atom stereocenters. The van der Waals surface area contributed by atoms with Crippen molar-refractivity contribution in [3.63, 3.8) is 0 Å². The van der Waals surface area contributed by atoms with Gasteiger partial charge in [0, 0.05) is 36.6 Å². The number of aromatic amines is 2. The fraction of sp³-hybridized carbons (Fsp3) is 0.344. The minimum Gasteiger partial charge on any atom is -0.357 e. The van der Waals surface area contributed by atoms with Gasteiger partial charge < -0.3 is 19.8 Å². The Morgan fingerprint density at radius 1 is 0.872 bits per heavy atom. The van der Waals surface area contributed by atoms with Crippen molar-refractivity contribution in [2.24, 2.45) is 11.3 Å². The first-order valence-electron chi connectivity index (χ1n) is 13.7. The smallest absolute Gasteiger partial charge is 0.270 e. The largest absolute Gasteiger partial charge is 0.357 e. The third-order valence-electron chi connectivity index (χ3n) is 8.37. The molecule has 0 aliphatic carbocycles. The summed E-state index contributed by atoms with van der Waals surface area (Å²) in [6, 6.07) is 21.5. The first-order chi connectivity index (χ1) is 18.7. The number of nitrogens with zero attached hydrogens (tertiary/aromatic N) is 2. The van der Waals surface area contributed by atoms with E-state index in [2.05, 4.69) is 9.97 Å². The van der Waals surface area contributed by atoms with Gasteiger partial charge in [0.25, 0.3) is 5.91 Å². The lowest BCUT2D eigenvalue weighted by Crippen LogP contribution is -2.53. The van der Waals surface area contributed by atoms with Crippen LogP contribution in [-0.4, -0.2) is 62.5 Å². The van der Waals surface area contributed by atoms with E-state index in [1.807, 2.05) is 103 Å². The predicted octanol–water partition coefficient (Wildman–Crippen LogP) is 5.52. The molecule has 2 saturated heterocycles. The van der Waals surface area contributed by atoms with Crippen LogP contribution in [-0.2, 0) is 4.79 Å². The van der Waals surface area contributed by atoms with Crippen molar-refractivity contribution in [3.8, 4) is 11.1 Å². The Labute approximate surface area is 228 Å². The van der Waals surface area contributed by atoms with Gasteiger partial charge in [0.15, 0.2) is 5.78 Å². The van der Waals surface area contributed by atoms with E-state index in [0.717, 1.165) is 28.5 Å². The zero-order chi connectivity index (χ0) is 27.3. The summed E-state index contributed by atoms with van der Waals surface area (Å²) >= 11 is 0. The first-order valence-corrected chi connectivity index (χ1v) is 13.7. The Morgan fingerprint density at radius 2 is 1.56 bits per heavy atom. The molecule has 2 N–H and O–H groups in total. The summed E-state index contributed by atoms with van der Waals surface area (Å²) in [5.74, 6) is -0.519. The SMILES string of the molecule is CC(C)(C)[C@H](CC(=O)c1cc2ccccc2[nH]1)C(=O)N1C[C@@H]2C[C@H]1CN2C(=O)c1cc(-c2ccccc2)c[nH]1. The summed E-state index contributed by atoms with van der Waals surface area (Å²) in [4.78, 5) is 50.7. The van der Waals surface area contributed by atoms with Crippen LogP contribution < -0.4 is 0 Å². The Bertz CT molecular complexity index is 1510. The van der Waals surface area contributed by atoms with Crippen molar-refractivity contribution in [1.82, 2.24) is 19.8 Å². The second-order valence-corrected chi connectivity index (χ2v) is 12.0. The van der Waals surface area contributed by atoms with Gasteiger partial charge in [-0.25, -0.2) is 0 Å². The molecule has 4 heterocycles. The molecule has 39 heavy (non-hydrogen) atoms. The topological polar surface area (TPSA) is 89.3 Å². The Morgan fingerprint density at radius 3 is 2.26 bits per heavy atom. The van der Waals surface area contributed by atoms with Crippen molar-refractivity contribution in [3.05, 3.63) is 84.3 Å². The molecule has 0 radical (unpaired) electrons. The highest BCUT2D eigenvalue weighted by Gasteiger charge is 2.50. The summed E-state index contributed by atoms with van der Waals surface area (Å²) in [5.41, 5.74) is 3.68. The Hall–Kier alpha value is -4.13. The molecule has 7 heteroatoms. The molecule has 0 saturated carbocycles. The zero-order valence-corrected chi connectivity index (χ0v) is 22.6. The highest BCUT2D eigenvalue weighted by atomic mass is 16.2. The minimum atomic E-state index is -0.447. The van der Waals surface area contributed by atoms with Gasteiger partial charge in [0.2, 0.25) is 5.91 Å². The number of Topliss-reactive ketones (excluding diaryl/α,β-unsaturated/α-hetero) is 1. The number of rotatable bonds is 6. The molecular formula is C32H34N4O3. The number of hydrogen-bond donors (Lipinski definition) is 2. The monoisotopic (exact) mass is 522 g/mol. The number of aromatic nitrogens is 2. The van der Waals surface area contributed by atoms with Gasteiger partial charge in [-0.3, -0.25) is 14.4 Å². The van der Waals surface area contributed by atoms with Crippen LogP contribution in [0.4, 0.5) is 0 Å². The molecular weight excluding hydrogens is 488 g/mol. The molecule has 2 amide bonds. The maximum absolute atomic E-state index is 13.9. The van der Waals surface area contributed by atoms with Crippen LogP contribution in [0.3, 0.4) is 0 Å². The number of ketones is 1. The zero-order valence-electron chi connectivity index (χ0n) is 22.6. The quantitative estimate of drug-likeness (QED) is 0.327. The van der Waals surface area contributed by atoms with E-state index in [-0.39, 0.29) is 41.5 Å². The highest BCUT2D eigenvalue weighted by molar-refractivity contribution is 6.01. The average molecular weight is 523 g/mol. The van der Waals surface area contributed by atoms with Crippen LogP contribution in [0.5, 0.6) is 0 Å². The van der Waals surface area contributed by atoms with E-state index < -0.39 is 5.92 Å². The molecule has 2 aliphatic heterocycles. The molecule has 2 aromatic carbocycles. The number of amides is 2. The van der Waals surface area contributed by atoms with Gasteiger partial charge in [-0.15, -0.1) is 0 Å². The number of hydrogen-bond acceptors (Lipinski definition) is 3. The normalized spacial score (nSPS) is 19.6. The maximum atomic E-state index is 13.9. The van der Waals surface area contributed by atoms with E-state index in [9.17, 15) is 14.4 Å². The molecule has 2 fully saturated rings. The van der Waals surface area contributed by atoms with Crippen LogP contribution in [0, 0.1) is 11.3 Å². The maximum Gasteiger partial charge on any atom is 0.270 e. The van der Waals surface area contributed by atoms with Crippen LogP contribution >= 0.6 is 0 Å². The number of carbonyl (C=O) groups excluding carboxylic acids is 3. The fourth-order valence-corrected chi connectivity index (χ4v) is 6.14. The average Bonchev–Trinajstić information content (AvgIpc) is 3.73. The van der Waals surface area contributed by atoms with Gasteiger partial charge in [0.1, 0.15) is 5.69 Å². The highest BCUT2D eigenvalue weighted by Crippen LogP contribution is 2.38. The second kappa shape index (κ2) is 9.56. The number of fused-ring (bicyclic) bond motifs is 3. The number of piperazine rings is 1. The van der Waals surface area contributed by atoms with E-state index >= 15 is 0 Å². The molecule has 200 valence electrons. The van der Waals surface area contributed by atoms with Gasteiger partial charge in [-0.2, -0.15) is 0 Å². The lowest BCUT2D eigenvalue weighted by molar-refractivity contribution is -0.141. The summed E-state index contributed by atoms with van der Waals surface area (Å²) in [6.45, 7) is 7.09. The summed E-state index contributed by atoms with van der Waals surface area (Å²) < 4.78 is 0. The third-order valence-corrected chi connectivity index (χ3v) is 8.37. The van der Waals surface area contributed by atoms with Crippen LogP contribution in [0.1, 0.15) is 54.6 Å². The number of benzene rings is 2. The van der Waals surface area contributed by atoms with E-state index in [0.29, 0.717) is 24.5 Å². The molecule has 2 aromatic heterocycles. The molecule has 7 nitrogen and oxygen atoms in total. The summed E-state index contributed by atoms with van der Waals surface area (Å²) in [5, 5.41) is 0.985. The fourth-order valence-electron chi connectivity index (χ4n) is 6.14. The van der Waals surface area contributed by atoms with E-state index in [1.54, 1.807) is 0 Å². The number of H-pyrrole nitrogens is 2. The van der Waals surface area contributed by atoms with Gasteiger partial charge >= 0.3 is 0 Å². The number of para-hydroxylation sites is 1. The lowest BCUT2D eigenvalue weighted by atomic mass is 9.76. The van der Waals surface area contributed by atoms with Crippen molar-refractivity contribution in [1.29, 1.82) is 0 Å².